The molecular weight excluding hydrogens is 538 g/mol. The van der Waals surface area contributed by atoms with E-state index < -0.39 is 16.4 Å². The molecule has 8 nitrogen and oxygen atoms in total. The molecule has 0 saturated carbocycles. The third-order valence-electron chi connectivity index (χ3n) is 8.11. The van der Waals surface area contributed by atoms with Gasteiger partial charge < -0.3 is 10.1 Å². The van der Waals surface area contributed by atoms with Gasteiger partial charge >= 0.3 is 0 Å². The van der Waals surface area contributed by atoms with Crippen LogP contribution in [0.1, 0.15) is 40.2 Å². The van der Waals surface area contributed by atoms with Crippen molar-refractivity contribution in [1.29, 1.82) is 0 Å². The maximum Gasteiger partial charge on any atom is 0.269 e. The number of ether oxygens (including phenoxy) is 1. The van der Waals surface area contributed by atoms with Gasteiger partial charge in [-0.25, -0.2) is 0 Å². The second-order valence-electron chi connectivity index (χ2n) is 9.76. The lowest BCUT2D eigenvalue weighted by molar-refractivity contribution is -0.384. The van der Waals surface area contributed by atoms with Crippen LogP contribution in [0.4, 0.5) is 11.4 Å². The molecule has 0 aliphatic carbocycles. The molecule has 37 heavy (non-hydrogen) atoms. The molecule has 1 N–H and O–H groups in total. The molecular formula is C28H24BrN3O5. The van der Waals surface area contributed by atoms with Crippen molar-refractivity contribution < 1.29 is 19.2 Å². The van der Waals surface area contributed by atoms with Gasteiger partial charge in [0.25, 0.3) is 5.69 Å². The number of ketones is 1. The first-order valence-electron chi connectivity index (χ1n) is 12.2. The third-order valence-corrected chi connectivity index (χ3v) is 8.60. The number of fused-ring (bicyclic) bond motifs is 4. The fourth-order valence-electron chi connectivity index (χ4n) is 6.66. The summed E-state index contributed by atoms with van der Waals surface area (Å²) in [6.45, 7) is 0.680. The maximum atomic E-state index is 14.5. The van der Waals surface area contributed by atoms with E-state index in [1.165, 1.54) is 12.1 Å². The van der Waals surface area contributed by atoms with Gasteiger partial charge in [0.05, 0.1) is 18.0 Å². The zero-order chi connectivity index (χ0) is 25.9. The van der Waals surface area contributed by atoms with Crippen molar-refractivity contribution in [2.24, 2.45) is 5.92 Å². The first-order chi connectivity index (χ1) is 17.9. The zero-order valence-electron chi connectivity index (χ0n) is 20.0. The average molecular weight is 562 g/mol. The van der Waals surface area contributed by atoms with Crippen molar-refractivity contribution in [1.82, 2.24) is 4.90 Å². The standard InChI is InChI=1S/C28H24BrN3O5/c1-37-20-11-6-17(7-12-20)26(33)25-24(16-4-9-19(10-5-16)32(35)36)23-3-2-14-31(23)28(25)21-15-18(29)8-13-22(21)30-27(28)34/h4-13,15,23-25H,2-3,14H2,1H3,(H,30,34)/t23?,24?,25?,28-/m1/s1. The second kappa shape index (κ2) is 8.78. The summed E-state index contributed by atoms with van der Waals surface area (Å²) in [4.78, 5) is 41.6. The predicted octanol–water partition coefficient (Wildman–Crippen LogP) is 5.27. The highest BCUT2D eigenvalue weighted by molar-refractivity contribution is 9.10. The summed E-state index contributed by atoms with van der Waals surface area (Å²) in [5, 5.41) is 14.4. The van der Waals surface area contributed by atoms with Gasteiger partial charge in [0.15, 0.2) is 5.78 Å². The Morgan fingerprint density at radius 3 is 2.54 bits per heavy atom. The number of hydrogen-bond acceptors (Lipinski definition) is 6. The second-order valence-corrected chi connectivity index (χ2v) is 10.7. The van der Waals surface area contributed by atoms with Gasteiger partial charge in [-0.3, -0.25) is 24.6 Å². The number of Topliss-reactive ketones (excluding diaryl/α,β-unsaturated/α-hetero) is 1. The summed E-state index contributed by atoms with van der Waals surface area (Å²) in [7, 11) is 1.57. The topological polar surface area (TPSA) is 102 Å². The van der Waals surface area contributed by atoms with E-state index in [9.17, 15) is 19.7 Å². The fourth-order valence-corrected chi connectivity index (χ4v) is 7.02. The minimum Gasteiger partial charge on any atom is -0.497 e. The highest BCUT2D eigenvalue weighted by Gasteiger charge is 2.69. The molecule has 0 bridgehead atoms. The normalized spacial score (nSPS) is 26.1. The van der Waals surface area contributed by atoms with Crippen LogP contribution in [0.15, 0.2) is 71.2 Å². The summed E-state index contributed by atoms with van der Waals surface area (Å²) < 4.78 is 6.11. The van der Waals surface area contributed by atoms with Crippen molar-refractivity contribution in [3.8, 4) is 5.75 Å². The van der Waals surface area contributed by atoms with Crippen LogP contribution in [0.25, 0.3) is 0 Å². The Balaban J connectivity index is 1.58. The monoisotopic (exact) mass is 561 g/mol. The van der Waals surface area contributed by atoms with Crippen LogP contribution >= 0.6 is 15.9 Å². The molecule has 3 heterocycles. The number of nitro groups is 1. The number of hydrogen-bond donors (Lipinski definition) is 1. The number of amides is 1. The Morgan fingerprint density at radius 1 is 1.14 bits per heavy atom. The summed E-state index contributed by atoms with van der Waals surface area (Å²) in [5.74, 6) is -0.762. The van der Waals surface area contributed by atoms with Gasteiger partial charge in [-0.2, -0.15) is 0 Å². The van der Waals surface area contributed by atoms with E-state index in [-0.39, 0.29) is 29.3 Å². The molecule has 188 valence electrons. The molecule has 2 fully saturated rings. The van der Waals surface area contributed by atoms with E-state index in [0.717, 1.165) is 28.4 Å². The molecule has 3 unspecified atom stereocenters. The van der Waals surface area contributed by atoms with Crippen LogP contribution in [0.2, 0.25) is 0 Å². The van der Waals surface area contributed by atoms with Crippen LogP contribution in [0.5, 0.6) is 5.75 Å². The molecule has 4 atom stereocenters. The Labute approximate surface area is 221 Å². The number of halogens is 1. The van der Waals surface area contributed by atoms with Gasteiger partial charge in [0.2, 0.25) is 5.91 Å². The molecule has 1 spiro atoms. The molecule has 3 aromatic carbocycles. The van der Waals surface area contributed by atoms with Crippen LogP contribution in [0, 0.1) is 16.0 Å². The highest BCUT2D eigenvalue weighted by Crippen LogP contribution is 2.61. The minimum absolute atomic E-state index is 0.00865. The fraction of sp³-hybridized carbons (Fsp3) is 0.286. The molecule has 2 saturated heterocycles. The number of carbonyl (C=O) groups is 2. The number of nitrogens with one attached hydrogen (secondary N) is 1. The number of benzene rings is 3. The number of rotatable bonds is 5. The maximum absolute atomic E-state index is 14.5. The highest BCUT2D eigenvalue weighted by atomic mass is 79.9. The summed E-state index contributed by atoms with van der Waals surface area (Å²) >= 11 is 3.57. The zero-order valence-corrected chi connectivity index (χ0v) is 21.6. The van der Waals surface area contributed by atoms with E-state index in [4.69, 9.17) is 4.74 Å². The smallest absolute Gasteiger partial charge is 0.269 e. The molecule has 6 rings (SSSR count). The lowest BCUT2D eigenvalue weighted by Gasteiger charge is -2.37. The minimum atomic E-state index is -1.19. The molecule has 0 aromatic heterocycles. The Morgan fingerprint density at radius 2 is 1.86 bits per heavy atom. The third kappa shape index (κ3) is 3.44. The Bertz CT molecular complexity index is 1420. The SMILES string of the molecule is COc1ccc(C(=O)C2C(c3ccc([N+](=O)[O-])cc3)C3CCCN3[C@@]23C(=O)Nc2ccc(Br)cc23)cc1. The van der Waals surface area contributed by atoms with Gasteiger partial charge in [-0.15, -0.1) is 0 Å². The molecule has 3 aliphatic rings. The molecule has 1 amide bonds. The summed E-state index contributed by atoms with van der Waals surface area (Å²) in [5.41, 5.74) is 1.61. The van der Waals surface area contributed by atoms with Crippen LogP contribution in [0.3, 0.4) is 0 Å². The van der Waals surface area contributed by atoms with Crippen LogP contribution < -0.4 is 10.1 Å². The molecule has 0 radical (unpaired) electrons. The number of non-ortho nitro benzene ring substituents is 1. The van der Waals surface area contributed by atoms with Crippen LogP contribution in [-0.4, -0.2) is 41.2 Å². The number of anilines is 1. The Hall–Kier alpha value is -3.56. The van der Waals surface area contributed by atoms with Gasteiger partial charge in [-0.1, -0.05) is 28.1 Å². The van der Waals surface area contributed by atoms with E-state index in [1.54, 1.807) is 43.5 Å². The largest absolute Gasteiger partial charge is 0.497 e. The van der Waals surface area contributed by atoms with Crippen molar-refractivity contribution in [3.05, 3.63) is 98.0 Å². The first-order valence-corrected chi connectivity index (χ1v) is 13.0. The molecule has 3 aliphatic heterocycles. The van der Waals surface area contributed by atoms with Crippen molar-refractivity contribution >= 4 is 39.0 Å². The van der Waals surface area contributed by atoms with E-state index in [2.05, 4.69) is 26.1 Å². The van der Waals surface area contributed by atoms with Crippen molar-refractivity contribution in [3.63, 3.8) is 0 Å². The quantitative estimate of drug-likeness (QED) is 0.258. The van der Waals surface area contributed by atoms with E-state index >= 15 is 0 Å². The van der Waals surface area contributed by atoms with Crippen LogP contribution in [-0.2, 0) is 10.3 Å². The summed E-state index contributed by atoms with van der Waals surface area (Å²) in [6, 6.07) is 19.0. The van der Waals surface area contributed by atoms with Crippen molar-refractivity contribution in [2.75, 3.05) is 19.0 Å². The van der Waals surface area contributed by atoms with E-state index in [0.29, 0.717) is 23.5 Å². The Kier molecular flexibility index (Phi) is 5.65. The van der Waals surface area contributed by atoms with Gasteiger partial charge in [0.1, 0.15) is 11.3 Å². The number of nitrogens with zero attached hydrogens (tertiary/aromatic N) is 2. The lowest BCUT2D eigenvalue weighted by Crippen LogP contribution is -2.52. The molecule has 9 heteroatoms. The first kappa shape index (κ1) is 23.8. The number of methoxy groups -OCH3 is 1. The van der Waals surface area contributed by atoms with E-state index in [1.807, 2.05) is 18.2 Å². The van der Waals surface area contributed by atoms with Crippen molar-refractivity contribution in [2.45, 2.75) is 30.3 Å². The lowest BCUT2D eigenvalue weighted by atomic mass is 9.69. The van der Waals surface area contributed by atoms with Gasteiger partial charge in [-0.05, 0) is 67.4 Å². The predicted molar refractivity (Wildman–Crippen MR) is 141 cm³/mol. The number of nitro benzene ring substituents is 1. The average Bonchev–Trinajstić information content (AvgIpc) is 3.57. The van der Waals surface area contributed by atoms with Gasteiger partial charge in [0, 0.05) is 45.4 Å². The molecule has 3 aromatic rings. The number of carbonyl (C=O) groups excluding carboxylic acids is 2. The summed E-state index contributed by atoms with van der Waals surface area (Å²) in [6.07, 6.45) is 1.72.